The zero-order valence-corrected chi connectivity index (χ0v) is 16.4. The number of nitrogens with zero attached hydrogens (tertiary/aromatic N) is 3. The average Bonchev–Trinajstić information content (AvgIpc) is 3.16. The predicted octanol–water partition coefficient (Wildman–Crippen LogP) is 3.69. The van der Waals surface area contributed by atoms with E-state index in [1.807, 2.05) is 44.2 Å². The first-order chi connectivity index (χ1) is 13.5. The summed E-state index contributed by atoms with van der Waals surface area (Å²) in [6.45, 7) is 4.52. The smallest absolute Gasteiger partial charge is 0.336 e. The largest absolute Gasteiger partial charge is 0.497 e. The highest BCUT2D eigenvalue weighted by atomic mass is 16.5. The van der Waals surface area contributed by atoms with Gasteiger partial charge in [0.05, 0.1) is 26.4 Å². The second-order valence-corrected chi connectivity index (χ2v) is 6.57. The van der Waals surface area contributed by atoms with E-state index in [4.69, 9.17) is 14.2 Å². The monoisotopic (exact) mass is 381 g/mol. The maximum Gasteiger partial charge on any atom is 0.336 e. The van der Waals surface area contributed by atoms with Gasteiger partial charge >= 0.3 is 6.01 Å². The van der Waals surface area contributed by atoms with Crippen molar-refractivity contribution in [2.24, 2.45) is 5.92 Å². The van der Waals surface area contributed by atoms with Crippen LogP contribution in [-0.4, -0.2) is 41.5 Å². The summed E-state index contributed by atoms with van der Waals surface area (Å²) in [5.41, 5.74) is 1.11. The molecule has 3 rings (SSSR count). The van der Waals surface area contributed by atoms with Crippen LogP contribution in [-0.2, 0) is 0 Å². The minimum Gasteiger partial charge on any atom is -0.497 e. The lowest BCUT2D eigenvalue weighted by atomic mass is 10.1. The molecule has 0 radical (unpaired) electrons. The van der Waals surface area contributed by atoms with Crippen LogP contribution in [0.5, 0.6) is 17.5 Å². The van der Waals surface area contributed by atoms with Crippen LogP contribution in [0.15, 0.2) is 48.5 Å². The molecule has 0 saturated carbocycles. The normalized spacial score (nSPS) is 10.8. The first kappa shape index (κ1) is 19.4. The molecule has 146 valence electrons. The first-order valence-corrected chi connectivity index (χ1v) is 8.95. The quantitative estimate of drug-likeness (QED) is 0.621. The van der Waals surface area contributed by atoms with Crippen molar-refractivity contribution in [1.29, 1.82) is 0 Å². The fourth-order valence-electron chi connectivity index (χ4n) is 2.60. The van der Waals surface area contributed by atoms with Gasteiger partial charge in [-0.05, 0) is 18.1 Å². The van der Waals surface area contributed by atoms with Crippen LogP contribution in [0, 0.1) is 5.92 Å². The highest BCUT2D eigenvalue weighted by Gasteiger charge is 2.23. The SMILES string of the molecule is COc1ccc(C(=O)n2nc(OCC(C)C)nc2-c2ccccc2)c(OC)c1. The van der Waals surface area contributed by atoms with E-state index in [1.165, 1.54) is 11.8 Å². The minimum absolute atomic E-state index is 0.161. The lowest BCUT2D eigenvalue weighted by Gasteiger charge is -2.10. The lowest BCUT2D eigenvalue weighted by molar-refractivity contribution is 0.0941. The molecule has 3 aromatic rings. The summed E-state index contributed by atoms with van der Waals surface area (Å²) in [5, 5.41) is 4.30. The number of carbonyl (C=O) groups is 1. The van der Waals surface area contributed by atoms with Crippen molar-refractivity contribution in [2.75, 3.05) is 20.8 Å². The molecule has 7 nitrogen and oxygen atoms in total. The Balaban J connectivity index is 2.05. The van der Waals surface area contributed by atoms with Gasteiger partial charge in [0.2, 0.25) is 0 Å². The number of benzene rings is 2. The Morgan fingerprint density at radius 2 is 1.82 bits per heavy atom. The van der Waals surface area contributed by atoms with Crippen molar-refractivity contribution >= 4 is 5.91 Å². The molecule has 0 fully saturated rings. The van der Waals surface area contributed by atoms with Gasteiger partial charge in [-0.15, -0.1) is 5.10 Å². The van der Waals surface area contributed by atoms with Crippen molar-refractivity contribution in [2.45, 2.75) is 13.8 Å². The molecule has 0 spiro atoms. The molecule has 0 amide bonds. The van der Waals surface area contributed by atoms with Gasteiger partial charge in [0.25, 0.3) is 5.91 Å². The van der Waals surface area contributed by atoms with Crippen LogP contribution in [0.25, 0.3) is 11.4 Å². The van der Waals surface area contributed by atoms with Crippen molar-refractivity contribution < 1.29 is 19.0 Å². The van der Waals surface area contributed by atoms with E-state index in [1.54, 1.807) is 25.3 Å². The summed E-state index contributed by atoms with van der Waals surface area (Å²) in [4.78, 5) is 17.7. The second-order valence-electron chi connectivity index (χ2n) is 6.57. The number of rotatable bonds is 7. The summed E-state index contributed by atoms with van der Waals surface area (Å²) in [5.74, 6) is 1.33. The number of ether oxygens (including phenoxy) is 3. The van der Waals surface area contributed by atoms with Gasteiger partial charge < -0.3 is 14.2 Å². The van der Waals surface area contributed by atoms with Crippen molar-refractivity contribution in [3.8, 4) is 28.9 Å². The van der Waals surface area contributed by atoms with Crippen LogP contribution in [0.3, 0.4) is 0 Å². The fourth-order valence-corrected chi connectivity index (χ4v) is 2.60. The van der Waals surface area contributed by atoms with Crippen molar-refractivity contribution in [3.63, 3.8) is 0 Å². The summed E-state index contributed by atoms with van der Waals surface area (Å²) >= 11 is 0. The van der Waals surface area contributed by atoms with E-state index < -0.39 is 0 Å². The molecule has 2 aromatic carbocycles. The van der Waals surface area contributed by atoms with Gasteiger partial charge in [-0.25, -0.2) is 0 Å². The third kappa shape index (κ3) is 4.14. The minimum atomic E-state index is -0.370. The molecule has 0 atom stereocenters. The molecule has 28 heavy (non-hydrogen) atoms. The predicted molar refractivity (Wildman–Crippen MR) is 105 cm³/mol. The van der Waals surface area contributed by atoms with E-state index in [0.717, 1.165) is 5.56 Å². The summed E-state index contributed by atoms with van der Waals surface area (Å²) in [6.07, 6.45) is 0. The highest BCUT2D eigenvalue weighted by molar-refractivity contribution is 6.00. The van der Waals surface area contributed by atoms with Crippen LogP contribution in [0.1, 0.15) is 24.2 Å². The van der Waals surface area contributed by atoms with Crippen molar-refractivity contribution in [1.82, 2.24) is 14.8 Å². The Kier molecular flexibility index (Phi) is 5.93. The molecule has 1 aromatic heterocycles. The third-order valence-corrected chi connectivity index (χ3v) is 4.00. The van der Waals surface area contributed by atoms with E-state index in [2.05, 4.69) is 10.1 Å². The lowest BCUT2D eigenvalue weighted by Crippen LogP contribution is -2.16. The zero-order valence-electron chi connectivity index (χ0n) is 16.4. The maximum absolute atomic E-state index is 13.3. The molecule has 0 aliphatic carbocycles. The van der Waals surface area contributed by atoms with E-state index in [9.17, 15) is 4.79 Å². The topological polar surface area (TPSA) is 75.5 Å². The summed E-state index contributed by atoms with van der Waals surface area (Å²) < 4.78 is 17.5. The van der Waals surface area contributed by atoms with Crippen molar-refractivity contribution in [3.05, 3.63) is 54.1 Å². The Morgan fingerprint density at radius 1 is 1.07 bits per heavy atom. The zero-order chi connectivity index (χ0) is 20.1. The van der Waals surface area contributed by atoms with E-state index in [0.29, 0.717) is 35.4 Å². The fraction of sp³-hybridized carbons (Fsp3) is 0.286. The Labute approximate surface area is 163 Å². The Bertz CT molecular complexity index is 952. The van der Waals surface area contributed by atoms with E-state index in [-0.39, 0.29) is 11.9 Å². The number of hydrogen-bond acceptors (Lipinski definition) is 6. The van der Waals surface area contributed by atoms with Gasteiger partial charge in [0.1, 0.15) is 11.5 Å². The maximum atomic E-state index is 13.3. The molecule has 0 bridgehead atoms. The van der Waals surface area contributed by atoms with Gasteiger partial charge in [-0.3, -0.25) is 4.79 Å². The number of hydrogen-bond donors (Lipinski definition) is 0. The first-order valence-electron chi connectivity index (χ1n) is 8.95. The average molecular weight is 381 g/mol. The number of carbonyl (C=O) groups excluding carboxylic acids is 1. The number of aromatic nitrogens is 3. The molecule has 0 aliphatic heterocycles. The van der Waals surface area contributed by atoms with Gasteiger partial charge in [-0.2, -0.15) is 9.67 Å². The third-order valence-electron chi connectivity index (χ3n) is 4.00. The number of methoxy groups -OCH3 is 2. The molecule has 0 N–H and O–H groups in total. The van der Waals surface area contributed by atoms with Crippen LogP contribution in [0.2, 0.25) is 0 Å². The standard InChI is InChI=1S/C21H23N3O4/c1-14(2)13-28-21-22-19(15-8-6-5-7-9-15)24(23-21)20(25)17-11-10-16(26-3)12-18(17)27-4/h5-12,14H,13H2,1-4H3. The van der Waals surface area contributed by atoms with Gasteiger partial charge in [-0.1, -0.05) is 44.2 Å². The highest BCUT2D eigenvalue weighted by Crippen LogP contribution is 2.27. The molecular formula is C21H23N3O4. The molecule has 1 heterocycles. The molecule has 7 heteroatoms. The molecule has 0 aliphatic rings. The van der Waals surface area contributed by atoms with Crippen LogP contribution >= 0.6 is 0 Å². The summed E-state index contributed by atoms with van der Waals surface area (Å²) in [7, 11) is 3.06. The Morgan fingerprint density at radius 3 is 2.46 bits per heavy atom. The molecular weight excluding hydrogens is 358 g/mol. The van der Waals surface area contributed by atoms with Gasteiger partial charge in [0.15, 0.2) is 5.82 Å². The van der Waals surface area contributed by atoms with Crippen LogP contribution in [0.4, 0.5) is 0 Å². The van der Waals surface area contributed by atoms with Crippen LogP contribution < -0.4 is 14.2 Å². The molecule has 0 saturated heterocycles. The van der Waals surface area contributed by atoms with Gasteiger partial charge in [0, 0.05) is 11.6 Å². The summed E-state index contributed by atoms with van der Waals surface area (Å²) in [6, 6.07) is 14.5. The second kappa shape index (κ2) is 8.56. The Hall–Kier alpha value is -3.35. The van der Waals surface area contributed by atoms with E-state index >= 15 is 0 Å². The molecule has 0 unspecified atom stereocenters.